The number of morpholine rings is 1. The Morgan fingerprint density at radius 3 is 2.70 bits per heavy atom. The van der Waals surface area contributed by atoms with E-state index < -0.39 is 5.41 Å². The molecule has 2 rings (SSSR count). The van der Waals surface area contributed by atoms with Gasteiger partial charge in [0.2, 0.25) is 5.91 Å². The van der Waals surface area contributed by atoms with E-state index in [2.05, 4.69) is 15.2 Å². The van der Waals surface area contributed by atoms with Crippen molar-refractivity contribution in [2.24, 2.45) is 11.1 Å². The largest absolute Gasteiger partial charge is 0.378 e. The van der Waals surface area contributed by atoms with Gasteiger partial charge in [-0.25, -0.2) is 4.98 Å². The van der Waals surface area contributed by atoms with Gasteiger partial charge in [-0.2, -0.15) is 0 Å². The Bertz CT molecular complexity index is 453. The highest BCUT2D eigenvalue weighted by atomic mass is 16.5. The third-order valence-electron chi connectivity index (χ3n) is 3.47. The van der Waals surface area contributed by atoms with Gasteiger partial charge in [-0.05, 0) is 26.0 Å². The van der Waals surface area contributed by atoms with E-state index in [0.29, 0.717) is 12.2 Å². The topological polar surface area (TPSA) is 80.5 Å². The Hall–Kier alpha value is -1.66. The van der Waals surface area contributed by atoms with Gasteiger partial charge in [-0.15, -0.1) is 0 Å². The van der Waals surface area contributed by atoms with Crippen LogP contribution in [-0.2, 0) is 9.53 Å². The molecule has 0 radical (unpaired) electrons. The number of rotatable bonds is 4. The third kappa shape index (κ3) is 3.46. The monoisotopic (exact) mass is 278 g/mol. The lowest BCUT2D eigenvalue weighted by molar-refractivity contribution is -0.123. The number of amides is 1. The number of anilines is 2. The fourth-order valence-electron chi connectivity index (χ4n) is 1.83. The number of ether oxygens (including phenoxy) is 1. The number of nitrogens with zero attached hydrogens (tertiary/aromatic N) is 2. The number of hydrogen-bond acceptors (Lipinski definition) is 5. The highest BCUT2D eigenvalue weighted by molar-refractivity contribution is 5.94. The lowest BCUT2D eigenvalue weighted by Gasteiger charge is -2.28. The summed E-state index contributed by atoms with van der Waals surface area (Å²) < 4.78 is 5.31. The summed E-state index contributed by atoms with van der Waals surface area (Å²) in [6.07, 6.45) is 1.68. The molecule has 1 aromatic heterocycles. The normalized spacial score (nSPS) is 16.1. The second kappa shape index (κ2) is 6.19. The van der Waals surface area contributed by atoms with Crippen LogP contribution < -0.4 is 16.0 Å². The molecule has 0 saturated carbocycles. The van der Waals surface area contributed by atoms with Crippen LogP contribution in [0.5, 0.6) is 0 Å². The fourth-order valence-corrected chi connectivity index (χ4v) is 1.83. The number of aromatic nitrogens is 1. The number of pyridine rings is 1. The Morgan fingerprint density at radius 2 is 2.15 bits per heavy atom. The highest BCUT2D eigenvalue weighted by Gasteiger charge is 2.25. The highest BCUT2D eigenvalue weighted by Crippen LogP contribution is 2.19. The quantitative estimate of drug-likeness (QED) is 0.853. The molecule has 20 heavy (non-hydrogen) atoms. The molecule has 0 aliphatic carbocycles. The molecule has 0 atom stereocenters. The van der Waals surface area contributed by atoms with E-state index in [1.807, 2.05) is 26.0 Å². The van der Waals surface area contributed by atoms with Crippen LogP contribution in [-0.4, -0.2) is 43.7 Å². The van der Waals surface area contributed by atoms with E-state index in [4.69, 9.17) is 10.5 Å². The van der Waals surface area contributed by atoms with Crippen molar-refractivity contribution >= 4 is 17.4 Å². The summed E-state index contributed by atoms with van der Waals surface area (Å²) in [7, 11) is 0. The maximum absolute atomic E-state index is 12.0. The van der Waals surface area contributed by atoms with Crippen LogP contribution in [0.15, 0.2) is 18.3 Å². The molecule has 6 heteroatoms. The number of carbonyl (C=O) groups is 1. The first kappa shape index (κ1) is 14.7. The molecule has 0 unspecified atom stereocenters. The summed E-state index contributed by atoms with van der Waals surface area (Å²) in [6.45, 7) is 7.08. The molecule has 1 aromatic rings. The van der Waals surface area contributed by atoms with E-state index in [0.717, 1.165) is 32.1 Å². The maximum atomic E-state index is 12.0. The van der Waals surface area contributed by atoms with Crippen LogP contribution in [0.1, 0.15) is 13.8 Å². The summed E-state index contributed by atoms with van der Waals surface area (Å²) >= 11 is 0. The first-order valence-corrected chi connectivity index (χ1v) is 6.83. The van der Waals surface area contributed by atoms with E-state index in [1.165, 1.54) is 0 Å². The SMILES string of the molecule is CC(C)(CN)C(=O)Nc1ccc(N2CCOCC2)nc1. The molecule has 1 fully saturated rings. The van der Waals surface area contributed by atoms with Crippen molar-refractivity contribution in [3.05, 3.63) is 18.3 Å². The summed E-state index contributed by atoms with van der Waals surface area (Å²) in [5.41, 5.74) is 5.70. The van der Waals surface area contributed by atoms with Crippen LogP contribution in [0.25, 0.3) is 0 Å². The van der Waals surface area contributed by atoms with E-state index in [1.54, 1.807) is 6.20 Å². The molecule has 1 aliphatic heterocycles. The number of nitrogens with two attached hydrogens (primary N) is 1. The van der Waals surface area contributed by atoms with Gasteiger partial charge in [0.1, 0.15) is 5.82 Å². The number of hydrogen-bond donors (Lipinski definition) is 2. The van der Waals surface area contributed by atoms with Crippen molar-refractivity contribution in [1.82, 2.24) is 4.98 Å². The van der Waals surface area contributed by atoms with E-state index >= 15 is 0 Å². The van der Waals surface area contributed by atoms with Gasteiger partial charge in [-0.3, -0.25) is 4.79 Å². The van der Waals surface area contributed by atoms with E-state index in [-0.39, 0.29) is 5.91 Å². The molecule has 3 N–H and O–H groups in total. The molecular formula is C14H22N4O2. The molecule has 0 aromatic carbocycles. The molecule has 6 nitrogen and oxygen atoms in total. The Kier molecular flexibility index (Phi) is 4.57. The minimum Gasteiger partial charge on any atom is -0.378 e. The van der Waals surface area contributed by atoms with Crippen LogP contribution in [0.2, 0.25) is 0 Å². The van der Waals surface area contributed by atoms with Gasteiger partial charge < -0.3 is 20.7 Å². The lowest BCUT2D eigenvalue weighted by Crippen LogP contribution is -2.37. The van der Waals surface area contributed by atoms with Crippen molar-refractivity contribution in [2.75, 3.05) is 43.1 Å². The molecule has 2 heterocycles. The number of nitrogens with one attached hydrogen (secondary N) is 1. The summed E-state index contributed by atoms with van der Waals surface area (Å²) in [5, 5.41) is 2.84. The van der Waals surface area contributed by atoms with Gasteiger partial charge in [0.25, 0.3) is 0 Å². The van der Waals surface area contributed by atoms with Gasteiger partial charge in [-0.1, -0.05) is 0 Å². The molecule has 1 amide bonds. The van der Waals surface area contributed by atoms with Gasteiger partial charge in [0.05, 0.1) is 30.5 Å². The lowest BCUT2D eigenvalue weighted by atomic mass is 9.92. The Labute approximate surface area is 119 Å². The zero-order chi connectivity index (χ0) is 14.6. The molecule has 1 saturated heterocycles. The van der Waals surface area contributed by atoms with Crippen molar-refractivity contribution in [2.45, 2.75) is 13.8 Å². The molecule has 0 spiro atoms. The molecule has 110 valence electrons. The summed E-state index contributed by atoms with van der Waals surface area (Å²) in [6, 6.07) is 3.78. The van der Waals surface area contributed by atoms with Gasteiger partial charge in [0, 0.05) is 19.6 Å². The van der Waals surface area contributed by atoms with Crippen molar-refractivity contribution in [3.8, 4) is 0 Å². The zero-order valence-electron chi connectivity index (χ0n) is 12.1. The van der Waals surface area contributed by atoms with Crippen molar-refractivity contribution < 1.29 is 9.53 Å². The maximum Gasteiger partial charge on any atom is 0.231 e. The van der Waals surface area contributed by atoms with Gasteiger partial charge >= 0.3 is 0 Å². The average Bonchev–Trinajstić information content (AvgIpc) is 2.49. The third-order valence-corrected chi connectivity index (χ3v) is 3.47. The van der Waals surface area contributed by atoms with Crippen LogP contribution in [0.3, 0.4) is 0 Å². The average molecular weight is 278 g/mol. The molecular weight excluding hydrogens is 256 g/mol. The first-order valence-electron chi connectivity index (χ1n) is 6.83. The molecule has 0 bridgehead atoms. The van der Waals surface area contributed by atoms with Crippen molar-refractivity contribution in [3.63, 3.8) is 0 Å². The number of carbonyl (C=O) groups excluding carboxylic acids is 1. The standard InChI is InChI=1S/C14H22N4O2/c1-14(2,10-15)13(19)17-11-3-4-12(16-9-11)18-5-7-20-8-6-18/h3-4,9H,5-8,10,15H2,1-2H3,(H,17,19). The smallest absolute Gasteiger partial charge is 0.231 e. The summed E-state index contributed by atoms with van der Waals surface area (Å²) in [4.78, 5) is 18.6. The van der Waals surface area contributed by atoms with Crippen molar-refractivity contribution in [1.29, 1.82) is 0 Å². The minimum atomic E-state index is -0.580. The first-order chi connectivity index (χ1) is 9.53. The Morgan fingerprint density at radius 1 is 1.45 bits per heavy atom. The predicted octanol–water partition coefficient (Wildman–Crippen LogP) is 0.842. The van der Waals surface area contributed by atoms with E-state index in [9.17, 15) is 4.79 Å². The predicted molar refractivity (Wildman–Crippen MR) is 78.7 cm³/mol. The van der Waals surface area contributed by atoms with Gasteiger partial charge in [0.15, 0.2) is 0 Å². The van der Waals surface area contributed by atoms with Crippen LogP contribution >= 0.6 is 0 Å². The second-order valence-corrected chi connectivity index (χ2v) is 5.55. The summed E-state index contributed by atoms with van der Waals surface area (Å²) in [5.74, 6) is 0.810. The molecule has 1 aliphatic rings. The Balaban J connectivity index is 1.99. The zero-order valence-corrected chi connectivity index (χ0v) is 12.1. The minimum absolute atomic E-state index is 0.0964. The van der Waals surface area contributed by atoms with Crippen LogP contribution in [0.4, 0.5) is 11.5 Å². The van der Waals surface area contributed by atoms with Crippen LogP contribution in [0, 0.1) is 5.41 Å². The second-order valence-electron chi connectivity index (χ2n) is 5.55. The fraction of sp³-hybridized carbons (Fsp3) is 0.571.